The van der Waals surface area contributed by atoms with E-state index in [1.807, 2.05) is 272 Å². The molecule has 23 heteroatoms. The second kappa shape index (κ2) is 51.5. The third kappa shape index (κ3) is 30.9. The van der Waals surface area contributed by atoms with Gasteiger partial charge in [0.1, 0.15) is 93.6 Å². The van der Waals surface area contributed by atoms with Crippen LogP contribution in [-0.4, -0.2) is 30.5 Å². The number of hydrogen-bond acceptors (Lipinski definition) is 19. The Balaban J connectivity index is 0.000000170. The molecule has 15 rings (SSSR count). The van der Waals surface area contributed by atoms with E-state index in [2.05, 4.69) is 104 Å². The zero-order valence-electron chi connectivity index (χ0n) is 80.8. The van der Waals surface area contributed by atoms with Crippen molar-refractivity contribution in [2.45, 2.75) is 131 Å². The van der Waals surface area contributed by atoms with Crippen molar-refractivity contribution in [1.29, 1.82) is 21.0 Å². The molecule has 13 aromatic carbocycles. The van der Waals surface area contributed by atoms with Crippen LogP contribution in [0.1, 0.15) is 164 Å². The first-order valence-corrected chi connectivity index (χ1v) is 48.3. The lowest BCUT2D eigenvalue weighted by atomic mass is 9.85. The summed E-state index contributed by atoms with van der Waals surface area (Å²) in [5, 5.41) is 39.6. The van der Waals surface area contributed by atoms with Crippen LogP contribution in [-0.2, 0) is 54.9 Å². The molecule has 2 aliphatic rings. The van der Waals surface area contributed by atoms with E-state index >= 15 is 0 Å². The first-order chi connectivity index (χ1) is 68.1. The highest BCUT2D eigenvalue weighted by molar-refractivity contribution is 9.28. The van der Waals surface area contributed by atoms with Crippen LogP contribution in [0.5, 0.6) is 63.2 Å². The third-order valence-corrected chi connectivity index (χ3v) is 25.4. The fraction of sp³-hybridized carbons (Fsp3) is 0.244. The fourth-order valence-corrected chi connectivity index (χ4v) is 16.9. The molecule has 8 atom stereocenters. The van der Waals surface area contributed by atoms with Crippen LogP contribution >= 0.6 is 55.1 Å². The number of benzene rings is 13. The molecule has 0 aromatic heterocycles. The number of halogens is 4. The summed E-state index contributed by atoms with van der Waals surface area (Å²) in [5.41, 5.74) is 5.55. The molecule has 2 saturated carbocycles. The molecule has 0 amide bonds. The number of carbonyl (C=O) groups excluding carboxylic acids is 4. The standard InChI is InChI=1S/2C25H22ClNO3.C25H24O3.C22H19Br2NO3.C22H23NO3/c2*1-17(2)24(18-11-13-20(26)14-12-18)25(28)30-23(16-27)19-7-6-10-22(15-19)29-21-8-4-3-5-9-21;1-4-27-22-15-13-21(14-16-22)25(2,3)19-26-18-20-9-8-12-24(17-20)28-23-10-6-5-7-11-23;1-22(2)17(12-19(23)24)20(22)21(26)28-18(13-25)14-7-6-10-16(11-14)27-15-8-4-3-5-9-15;1-21(2)19(22(21,3)4)20(24)26-18(14-23)15-9-8-12-17(13-15)25-16-10-6-5-7-11-16/h2*3-15,17,23-24H,1-2H3;1,5-17H,18-19H2,2-3H3;3-12,17-18,20H,1-2H3;5-13,18-19H,1-4H3/t;;;17-,18?,20-;/m...0./s1. The van der Waals surface area contributed by atoms with Gasteiger partial charge in [-0.3, -0.25) is 19.2 Å². The summed E-state index contributed by atoms with van der Waals surface area (Å²) in [5.74, 6) is 4.33. The molecule has 0 N–H and O–H groups in total. The van der Waals surface area contributed by atoms with Gasteiger partial charge >= 0.3 is 23.9 Å². The Bertz CT molecular complexity index is 6430. The van der Waals surface area contributed by atoms with E-state index in [9.17, 15) is 40.2 Å². The van der Waals surface area contributed by atoms with Gasteiger partial charge in [0.2, 0.25) is 24.4 Å². The summed E-state index contributed by atoms with van der Waals surface area (Å²) in [6.45, 7) is 25.4. The molecular formula is C119H110Br2Cl2N4O15. The molecule has 13 aromatic rings. The number of ether oxygens (including phenoxy) is 11. The Kier molecular flexibility index (Phi) is 39.0. The van der Waals surface area contributed by atoms with Crippen molar-refractivity contribution >= 4 is 78.9 Å². The smallest absolute Gasteiger partial charge is 0.315 e. The van der Waals surface area contributed by atoms with E-state index in [-0.39, 0.29) is 63.2 Å². The second-order valence-corrected chi connectivity index (χ2v) is 40.3. The average Bonchev–Trinajstić information content (AvgIpc) is 1.43. The summed E-state index contributed by atoms with van der Waals surface area (Å²) in [7, 11) is 0. The third-order valence-electron chi connectivity index (χ3n) is 24.4. The molecule has 0 saturated heterocycles. The van der Waals surface area contributed by atoms with Gasteiger partial charge in [-0.1, -0.05) is 307 Å². The number of esters is 4. The number of allylic oxidation sites excluding steroid dienone is 1. The SMILES string of the molecule is C#COc1ccc(C(C)(C)COCc2cccc(Oc3ccccc3)c2)cc1.CC(C)C(C(=O)OC(C#N)c1cccc(Oc2ccccc2)c1)c1ccc(Cl)cc1.CC(C)C(C(=O)OC(C#N)c1cccc(Oc2ccccc2)c1)c1ccc(Cl)cc1.CC1(C)C(C(=O)OC(C#N)c2cccc(Oc3ccccc3)c2)C1(C)C.CC1(C)[C@H](C(=O)OC(C#N)c2cccc(Oc3ccccc3)c2)[C@@H]1C=C(Br)Br. The lowest BCUT2D eigenvalue weighted by Gasteiger charge is -2.25. The first-order valence-electron chi connectivity index (χ1n) is 46.0. The Morgan fingerprint density at radius 3 is 0.986 bits per heavy atom. The molecule has 0 aliphatic heterocycles. The van der Waals surface area contributed by atoms with Crippen LogP contribution in [0.3, 0.4) is 0 Å². The highest BCUT2D eigenvalue weighted by Crippen LogP contribution is 2.69. The van der Waals surface area contributed by atoms with E-state index < -0.39 is 48.2 Å². The molecule has 2 fully saturated rings. The predicted molar refractivity (Wildman–Crippen MR) is 557 cm³/mol. The van der Waals surface area contributed by atoms with Gasteiger partial charge < -0.3 is 52.1 Å². The van der Waals surface area contributed by atoms with Crippen molar-refractivity contribution in [2.75, 3.05) is 6.61 Å². The van der Waals surface area contributed by atoms with Crippen LogP contribution < -0.4 is 28.4 Å². The predicted octanol–water partition coefficient (Wildman–Crippen LogP) is 31.1. The Morgan fingerprint density at radius 1 is 0.380 bits per heavy atom. The van der Waals surface area contributed by atoms with Gasteiger partial charge in [0.15, 0.2) is 0 Å². The van der Waals surface area contributed by atoms with E-state index in [1.54, 1.807) is 121 Å². The molecule has 0 spiro atoms. The summed E-state index contributed by atoms with van der Waals surface area (Å²) in [6, 6.07) is 114. The van der Waals surface area contributed by atoms with Gasteiger partial charge in [0.25, 0.3) is 0 Å². The van der Waals surface area contributed by atoms with Crippen LogP contribution in [0, 0.1) is 104 Å². The molecule has 19 nitrogen and oxygen atoms in total. The Hall–Kier alpha value is -14.7. The van der Waals surface area contributed by atoms with Gasteiger partial charge in [-0.05, 0) is 246 Å². The number of hydrogen-bond donors (Lipinski definition) is 0. The molecule has 724 valence electrons. The van der Waals surface area contributed by atoms with Gasteiger partial charge in [0, 0.05) is 37.7 Å². The van der Waals surface area contributed by atoms with Gasteiger partial charge in [-0.2, -0.15) is 21.0 Å². The minimum absolute atomic E-state index is 0.00855. The second-order valence-electron chi connectivity index (χ2n) is 36.6. The Labute approximate surface area is 858 Å². The quantitative estimate of drug-likeness (QED) is 0.0210. The molecule has 0 heterocycles. The lowest BCUT2D eigenvalue weighted by molar-refractivity contribution is -0.150. The summed E-state index contributed by atoms with van der Waals surface area (Å²) in [4.78, 5) is 51.1. The molecule has 2 aliphatic carbocycles. The number of terminal acetylenes is 1. The van der Waals surface area contributed by atoms with E-state index in [0.717, 1.165) is 37.1 Å². The summed E-state index contributed by atoms with van der Waals surface area (Å²) < 4.78 is 63.3. The maximum Gasteiger partial charge on any atom is 0.315 e. The van der Waals surface area contributed by atoms with Crippen molar-refractivity contribution in [1.82, 2.24) is 0 Å². The van der Waals surface area contributed by atoms with Crippen LogP contribution in [0.4, 0.5) is 0 Å². The zero-order chi connectivity index (χ0) is 102. The highest BCUT2D eigenvalue weighted by Gasteiger charge is 2.69. The highest BCUT2D eigenvalue weighted by atomic mass is 79.9. The topological polar surface area (TPSA) is 265 Å². The van der Waals surface area contributed by atoms with Crippen molar-refractivity contribution in [3.63, 3.8) is 0 Å². The fourth-order valence-electron chi connectivity index (χ4n) is 16.1. The van der Waals surface area contributed by atoms with Gasteiger partial charge in [-0.15, -0.1) is 0 Å². The minimum Gasteiger partial charge on any atom is -0.457 e. The number of nitrogens with zero attached hydrogens (tertiary/aromatic N) is 4. The van der Waals surface area contributed by atoms with Crippen LogP contribution in [0.25, 0.3) is 0 Å². The average molecular weight is 2070 g/mol. The van der Waals surface area contributed by atoms with Crippen molar-refractivity contribution < 1.29 is 71.3 Å². The van der Waals surface area contributed by atoms with Crippen molar-refractivity contribution in [2.24, 2.45) is 45.8 Å². The van der Waals surface area contributed by atoms with Crippen LogP contribution in [0.2, 0.25) is 10.0 Å². The normalized spacial score (nSPS) is 14.9. The maximum absolute atomic E-state index is 13.0. The maximum atomic E-state index is 13.0. The monoisotopic (exact) mass is 2060 g/mol. The molecular weight excluding hydrogens is 1960 g/mol. The molecule has 6 unspecified atom stereocenters. The van der Waals surface area contributed by atoms with Gasteiger partial charge in [0.05, 0.1) is 40.3 Å². The van der Waals surface area contributed by atoms with Crippen molar-refractivity contribution in [3.05, 3.63) is 410 Å². The summed E-state index contributed by atoms with van der Waals surface area (Å²) >= 11 is 18.6. The number of rotatable bonds is 33. The Morgan fingerprint density at radius 2 is 0.683 bits per heavy atom. The minimum atomic E-state index is -1.04. The molecule has 142 heavy (non-hydrogen) atoms. The van der Waals surface area contributed by atoms with E-state index in [0.29, 0.717) is 97.3 Å². The summed E-state index contributed by atoms with van der Waals surface area (Å²) in [6.07, 6.45) is 5.27. The molecule has 0 bridgehead atoms. The van der Waals surface area contributed by atoms with Gasteiger partial charge in [-0.25, -0.2) is 0 Å². The van der Waals surface area contributed by atoms with Crippen LogP contribution in [0.15, 0.2) is 355 Å². The number of para-hydroxylation sites is 5. The number of nitriles is 4. The largest absolute Gasteiger partial charge is 0.457 e. The lowest BCUT2D eigenvalue weighted by Crippen LogP contribution is -2.24. The number of carbonyl (C=O) groups is 4. The zero-order valence-corrected chi connectivity index (χ0v) is 85.4. The molecule has 0 radical (unpaired) electrons. The first kappa shape index (κ1) is 108. The van der Waals surface area contributed by atoms with Crippen molar-refractivity contribution in [3.8, 4) is 100 Å². The van der Waals surface area contributed by atoms with E-state index in [1.165, 1.54) is 0 Å². The van der Waals surface area contributed by atoms with E-state index in [4.69, 9.17) is 81.7 Å².